The first-order valence-corrected chi connectivity index (χ1v) is 10.8. The van der Waals surface area contributed by atoms with Gasteiger partial charge in [-0.2, -0.15) is 0 Å². The van der Waals surface area contributed by atoms with Gasteiger partial charge in [0, 0.05) is 6.04 Å². The Morgan fingerprint density at radius 2 is 1.79 bits per heavy atom. The van der Waals surface area contributed by atoms with Crippen LogP contribution in [0, 0.1) is 0 Å². The number of esters is 1. The Kier molecular flexibility index (Phi) is 6.87. The molecule has 1 unspecified atom stereocenters. The van der Waals surface area contributed by atoms with Crippen molar-refractivity contribution in [3.63, 3.8) is 0 Å². The van der Waals surface area contributed by atoms with Gasteiger partial charge in [0.15, 0.2) is 0 Å². The highest BCUT2D eigenvalue weighted by Gasteiger charge is 2.40. The molecule has 0 radical (unpaired) electrons. The van der Waals surface area contributed by atoms with E-state index in [4.69, 9.17) is 4.74 Å². The third-order valence-corrected chi connectivity index (χ3v) is 5.87. The third kappa shape index (κ3) is 4.45. The van der Waals surface area contributed by atoms with E-state index in [1.807, 2.05) is 6.92 Å². The van der Waals surface area contributed by atoms with Crippen LogP contribution in [0.25, 0.3) is 0 Å². The molecule has 0 aromatic heterocycles. The summed E-state index contributed by atoms with van der Waals surface area (Å²) in [4.78, 5) is 39.5. The highest BCUT2D eigenvalue weighted by Crippen LogP contribution is 2.31. The number of amides is 2. The standard InChI is InChI=1S/C23H31NO4/c1-3-4-5-7-10-16(2)28-23(27)17-13-14-19-20(15-17)22(26)24(21(19)25)18-11-8-6-9-12-18/h13-16,18H,3-12H2,1-2H3. The van der Waals surface area contributed by atoms with E-state index in [2.05, 4.69) is 6.92 Å². The first-order chi connectivity index (χ1) is 13.5. The molecule has 1 heterocycles. The minimum Gasteiger partial charge on any atom is -0.459 e. The summed E-state index contributed by atoms with van der Waals surface area (Å²) in [5, 5.41) is 0. The number of unbranched alkanes of at least 4 members (excludes halogenated alkanes) is 3. The van der Waals surface area contributed by atoms with Crippen molar-refractivity contribution in [2.24, 2.45) is 0 Å². The van der Waals surface area contributed by atoms with E-state index in [9.17, 15) is 14.4 Å². The molecule has 152 valence electrons. The number of rotatable bonds is 8. The molecule has 1 fully saturated rings. The number of fused-ring (bicyclic) bond motifs is 1. The SMILES string of the molecule is CCCCCCC(C)OC(=O)c1ccc2c(c1)C(=O)N(C1CCCCC1)C2=O. The van der Waals surface area contributed by atoms with Crippen molar-refractivity contribution in [2.75, 3.05) is 0 Å². The van der Waals surface area contributed by atoms with Crippen LogP contribution in [-0.2, 0) is 4.74 Å². The minimum absolute atomic E-state index is 0.0142. The fourth-order valence-electron chi connectivity index (χ4n) is 4.23. The van der Waals surface area contributed by atoms with Crippen molar-refractivity contribution >= 4 is 17.8 Å². The molecule has 2 aliphatic rings. The van der Waals surface area contributed by atoms with Gasteiger partial charge in [-0.3, -0.25) is 14.5 Å². The lowest BCUT2D eigenvalue weighted by Crippen LogP contribution is -2.40. The quantitative estimate of drug-likeness (QED) is 0.353. The van der Waals surface area contributed by atoms with Gasteiger partial charge >= 0.3 is 5.97 Å². The minimum atomic E-state index is -0.429. The molecule has 1 saturated carbocycles. The second-order valence-corrected chi connectivity index (χ2v) is 8.10. The van der Waals surface area contributed by atoms with Gasteiger partial charge in [-0.25, -0.2) is 4.79 Å². The van der Waals surface area contributed by atoms with Crippen molar-refractivity contribution in [3.8, 4) is 0 Å². The third-order valence-electron chi connectivity index (χ3n) is 5.87. The summed E-state index contributed by atoms with van der Waals surface area (Å²) < 4.78 is 5.53. The Morgan fingerprint density at radius 3 is 2.50 bits per heavy atom. The van der Waals surface area contributed by atoms with Crippen molar-refractivity contribution in [3.05, 3.63) is 34.9 Å². The number of hydrogen-bond acceptors (Lipinski definition) is 4. The van der Waals surface area contributed by atoms with Crippen LogP contribution in [0.3, 0.4) is 0 Å². The van der Waals surface area contributed by atoms with Crippen LogP contribution >= 0.6 is 0 Å². The van der Waals surface area contributed by atoms with Gasteiger partial charge in [0.05, 0.1) is 22.8 Å². The van der Waals surface area contributed by atoms with E-state index in [0.717, 1.165) is 51.4 Å². The van der Waals surface area contributed by atoms with E-state index < -0.39 is 5.97 Å². The maximum absolute atomic E-state index is 12.9. The molecular formula is C23H31NO4. The lowest BCUT2D eigenvalue weighted by atomic mass is 9.94. The van der Waals surface area contributed by atoms with Crippen molar-refractivity contribution in [1.29, 1.82) is 0 Å². The monoisotopic (exact) mass is 385 g/mol. The van der Waals surface area contributed by atoms with Gasteiger partial charge < -0.3 is 4.74 Å². The number of hydrogen-bond donors (Lipinski definition) is 0. The predicted octanol–water partition coefficient (Wildman–Crippen LogP) is 5.13. The van der Waals surface area contributed by atoms with Crippen LogP contribution in [-0.4, -0.2) is 34.8 Å². The number of carbonyl (C=O) groups is 3. The van der Waals surface area contributed by atoms with E-state index in [-0.39, 0.29) is 24.0 Å². The Balaban J connectivity index is 1.65. The molecule has 1 aliphatic heterocycles. The maximum atomic E-state index is 12.9. The van der Waals surface area contributed by atoms with Crippen LogP contribution in [0.4, 0.5) is 0 Å². The van der Waals surface area contributed by atoms with Gasteiger partial charge in [0.2, 0.25) is 0 Å². The van der Waals surface area contributed by atoms with Crippen LogP contribution in [0.2, 0.25) is 0 Å². The Labute approximate surface area is 167 Å². The molecule has 5 nitrogen and oxygen atoms in total. The summed E-state index contributed by atoms with van der Waals surface area (Å²) in [6.45, 7) is 4.06. The van der Waals surface area contributed by atoms with Crippen LogP contribution in [0.1, 0.15) is 109 Å². The molecule has 2 amide bonds. The van der Waals surface area contributed by atoms with Crippen molar-refractivity contribution < 1.29 is 19.1 Å². The van der Waals surface area contributed by atoms with Gasteiger partial charge in [-0.1, -0.05) is 45.4 Å². The summed E-state index contributed by atoms with van der Waals surface area (Å²) in [6, 6.07) is 4.71. The number of nitrogens with zero attached hydrogens (tertiary/aromatic N) is 1. The summed E-state index contributed by atoms with van der Waals surface area (Å²) in [5.74, 6) is -0.924. The van der Waals surface area contributed by atoms with Crippen LogP contribution < -0.4 is 0 Å². The molecule has 28 heavy (non-hydrogen) atoms. The number of carbonyl (C=O) groups excluding carboxylic acids is 3. The molecule has 5 heteroatoms. The lowest BCUT2D eigenvalue weighted by Gasteiger charge is -2.29. The van der Waals surface area contributed by atoms with E-state index in [1.165, 1.54) is 23.8 Å². The molecule has 1 aromatic rings. The lowest BCUT2D eigenvalue weighted by molar-refractivity contribution is 0.0319. The molecule has 3 rings (SSSR count). The number of imide groups is 1. The van der Waals surface area contributed by atoms with Crippen LogP contribution in [0.5, 0.6) is 0 Å². The zero-order chi connectivity index (χ0) is 20.1. The van der Waals surface area contributed by atoms with E-state index in [1.54, 1.807) is 12.1 Å². The average Bonchev–Trinajstić information content (AvgIpc) is 2.96. The van der Waals surface area contributed by atoms with Gasteiger partial charge in [0.1, 0.15) is 0 Å². The largest absolute Gasteiger partial charge is 0.459 e. The summed E-state index contributed by atoms with van der Waals surface area (Å²) in [7, 11) is 0. The maximum Gasteiger partial charge on any atom is 0.338 e. The first kappa shape index (κ1) is 20.6. The molecular weight excluding hydrogens is 354 g/mol. The van der Waals surface area contributed by atoms with Gasteiger partial charge in [-0.05, 0) is 50.8 Å². The Hall–Kier alpha value is -2.17. The Morgan fingerprint density at radius 1 is 1.07 bits per heavy atom. The van der Waals surface area contributed by atoms with Crippen molar-refractivity contribution in [1.82, 2.24) is 4.90 Å². The smallest absolute Gasteiger partial charge is 0.338 e. The zero-order valence-electron chi connectivity index (χ0n) is 17.0. The number of benzene rings is 1. The summed E-state index contributed by atoms with van der Waals surface area (Å²) >= 11 is 0. The fourth-order valence-corrected chi connectivity index (χ4v) is 4.23. The number of ether oxygens (including phenoxy) is 1. The Bertz CT molecular complexity index is 736. The normalized spacial score (nSPS) is 18.3. The summed E-state index contributed by atoms with van der Waals surface area (Å²) in [6.07, 6.45) is 10.2. The molecule has 0 spiro atoms. The van der Waals surface area contributed by atoms with E-state index in [0.29, 0.717) is 16.7 Å². The van der Waals surface area contributed by atoms with Crippen LogP contribution in [0.15, 0.2) is 18.2 Å². The highest BCUT2D eigenvalue weighted by atomic mass is 16.5. The van der Waals surface area contributed by atoms with Gasteiger partial charge in [-0.15, -0.1) is 0 Å². The zero-order valence-corrected chi connectivity index (χ0v) is 17.0. The molecule has 0 N–H and O–H groups in total. The molecule has 1 aliphatic carbocycles. The second-order valence-electron chi connectivity index (χ2n) is 8.10. The fraction of sp³-hybridized carbons (Fsp3) is 0.609. The first-order valence-electron chi connectivity index (χ1n) is 10.8. The highest BCUT2D eigenvalue weighted by molar-refractivity contribution is 6.22. The topological polar surface area (TPSA) is 63.7 Å². The van der Waals surface area contributed by atoms with E-state index >= 15 is 0 Å². The molecule has 1 atom stereocenters. The molecule has 1 aromatic carbocycles. The van der Waals surface area contributed by atoms with Gasteiger partial charge in [0.25, 0.3) is 11.8 Å². The second kappa shape index (κ2) is 9.35. The molecule has 0 saturated heterocycles. The molecule has 0 bridgehead atoms. The predicted molar refractivity (Wildman–Crippen MR) is 107 cm³/mol. The van der Waals surface area contributed by atoms with Crippen molar-refractivity contribution in [2.45, 2.75) is 90.2 Å². The average molecular weight is 386 g/mol. The summed E-state index contributed by atoms with van der Waals surface area (Å²) in [5.41, 5.74) is 1.08.